The molecule has 0 N–H and O–H groups in total. The number of rotatable bonds is 4. The Bertz CT molecular complexity index is 556. The van der Waals surface area contributed by atoms with Crippen molar-refractivity contribution in [3.05, 3.63) is 12.4 Å². The molecule has 7 nitrogen and oxygen atoms in total. The van der Waals surface area contributed by atoms with Crippen molar-refractivity contribution in [2.45, 2.75) is 38.4 Å². The molecule has 2 aliphatic rings. The summed E-state index contributed by atoms with van der Waals surface area (Å²) in [6.45, 7) is 3.65. The Morgan fingerprint density at radius 2 is 2.19 bits per heavy atom. The molecular weight excluding hydrogens is 272 g/mol. The molecule has 1 aromatic rings. The Hall–Kier alpha value is -1.89. The number of aromatic nitrogens is 2. The summed E-state index contributed by atoms with van der Waals surface area (Å²) in [5.74, 6) is 0.0348. The summed E-state index contributed by atoms with van der Waals surface area (Å²) >= 11 is 0. The molecule has 0 aliphatic carbocycles. The summed E-state index contributed by atoms with van der Waals surface area (Å²) in [7, 11) is 1.63. The molecule has 2 atom stereocenters. The van der Waals surface area contributed by atoms with Gasteiger partial charge in [0.05, 0.1) is 25.0 Å². The second-order valence-corrected chi connectivity index (χ2v) is 5.53. The summed E-state index contributed by atoms with van der Waals surface area (Å²) in [5.41, 5.74) is 0.684. The van der Waals surface area contributed by atoms with Crippen LogP contribution >= 0.6 is 0 Å². The van der Waals surface area contributed by atoms with Crippen molar-refractivity contribution >= 4 is 17.5 Å². The van der Waals surface area contributed by atoms with Gasteiger partial charge in [0.15, 0.2) is 0 Å². The van der Waals surface area contributed by atoms with Gasteiger partial charge in [-0.15, -0.1) is 0 Å². The molecule has 0 bridgehead atoms. The average Bonchev–Trinajstić information content (AvgIpc) is 3.12. The second kappa shape index (κ2) is 5.48. The van der Waals surface area contributed by atoms with Crippen LogP contribution in [-0.2, 0) is 20.9 Å². The van der Waals surface area contributed by atoms with Gasteiger partial charge in [0, 0.05) is 19.9 Å². The highest BCUT2D eigenvalue weighted by Crippen LogP contribution is 2.30. The number of ether oxygens (including phenoxy) is 1. The summed E-state index contributed by atoms with van der Waals surface area (Å²) in [5, 5.41) is 4.23. The van der Waals surface area contributed by atoms with E-state index in [4.69, 9.17) is 4.74 Å². The quantitative estimate of drug-likeness (QED) is 0.798. The lowest BCUT2D eigenvalue weighted by molar-refractivity contribution is -0.143. The van der Waals surface area contributed by atoms with Gasteiger partial charge in [-0.1, -0.05) is 0 Å². The minimum atomic E-state index is -0.466. The van der Waals surface area contributed by atoms with Crippen molar-refractivity contribution in [2.75, 3.05) is 25.2 Å². The number of piperazine rings is 1. The molecule has 3 heterocycles. The van der Waals surface area contributed by atoms with Crippen LogP contribution in [0.3, 0.4) is 0 Å². The van der Waals surface area contributed by atoms with Crippen molar-refractivity contribution < 1.29 is 14.3 Å². The van der Waals surface area contributed by atoms with Gasteiger partial charge in [0.25, 0.3) is 5.91 Å². The minimum Gasteiger partial charge on any atom is -0.383 e. The summed E-state index contributed by atoms with van der Waals surface area (Å²) in [6, 6.07) is -0.761. The van der Waals surface area contributed by atoms with Crippen molar-refractivity contribution in [3.8, 4) is 0 Å². The highest BCUT2D eigenvalue weighted by molar-refractivity contribution is 6.08. The molecule has 7 heteroatoms. The van der Waals surface area contributed by atoms with E-state index >= 15 is 0 Å². The first-order chi connectivity index (χ1) is 10.1. The number of nitrogens with zero attached hydrogens (tertiary/aromatic N) is 4. The van der Waals surface area contributed by atoms with Gasteiger partial charge in [0.1, 0.15) is 12.1 Å². The average molecular weight is 292 g/mol. The maximum absolute atomic E-state index is 12.7. The van der Waals surface area contributed by atoms with E-state index in [0.29, 0.717) is 25.4 Å². The zero-order chi connectivity index (χ0) is 15.0. The lowest BCUT2D eigenvalue weighted by Gasteiger charge is -2.40. The molecule has 2 aliphatic heterocycles. The van der Waals surface area contributed by atoms with Crippen molar-refractivity contribution in [2.24, 2.45) is 0 Å². The predicted octanol–water partition coefficient (Wildman–Crippen LogP) is 0.256. The summed E-state index contributed by atoms with van der Waals surface area (Å²) in [6.07, 6.45) is 5.09. The third kappa shape index (κ3) is 2.31. The molecular formula is C14H20N4O3. The normalized spacial score (nSPS) is 25.6. The van der Waals surface area contributed by atoms with Gasteiger partial charge in [-0.3, -0.25) is 19.2 Å². The zero-order valence-corrected chi connectivity index (χ0v) is 12.4. The topological polar surface area (TPSA) is 67.7 Å². The molecule has 114 valence electrons. The van der Waals surface area contributed by atoms with Crippen LogP contribution in [-0.4, -0.2) is 58.8 Å². The van der Waals surface area contributed by atoms with E-state index in [2.05, 4.69) is 5.10 Å². The van der Waals surface area contributed by atoms with E-state index in [1.807, 2.05) is 0 Å². The fourth-order valence-electron chi connectivity index (χ4n) is 3.12. The molecule has 2 unspecified atom stereocenters. The van der Waals surface area contributed by atoms with Crippen molar-refractivity contribution in [3.63, 3.8) is 0 Å². The number of fused-ring (bicyclic) bond motifs is 1. The van der Waals surface area contributed by atoms with E-state index in [0.717, 1.165) is 12.8 Å². The van der Waals surface area contributed by atoms with E-state index < -0.39 is 6.04 Å². The molecule has 0 radical (unpaired) electrons. The molecule has 21 heavy (non-hydrogen) atoms. The lowest BCUT2D eigenvalue weighted by Crippen LogP contribution is -2.62. The molecule has 0 saturated carbocycles. The largest absolute Gasteiger partial charge is 0.383 e. The van der Waals surface area contributed by atoms with Crippen LogP contribution in [0.1, 0.15) is 19.8 Å². The molecule has 0 spiro atoms. The first kappa shape index (κ1) is 14.1. The fourth-order valence-corrected chi connectivity index (χ4v) is 3.12. The Labute approximate surface area is 123 Å². The van der Waals surface area contributed by atoms with Crippen LogP contribution in [0.5, 0.6) is 0 Å². The predicted molar refractivity (Wildman–Crippen MR) is 75.8 cm³/mol. The number of hydrogen-bond donors (Lipinski definition) is 0. The van der Waals surface area contributed by atoms with Crippen molar-refractivity contribution in [1.82, 2.24) is 14.7 Å². The highest BCUT2D eigenvalue weighted by Gasteiger charge is 2.46. The van der Waals surface area contributed by atoms with Crippen LogP contribution in [0.2, 0.25) is 0 Å². The minimum absolute atomic E-state index is 0.00546. The summed E-state index contributed by atoms with van der Waals surface area (Å²) < 4.78 is 6.74. The number of anilines is 1. The second-order valence-electron chi connectivity index (χ2n) is 5.53. The SMILES string of the molecule is COCCn1cc(N2C(=O)C3CCCN3C(=O)C2C)cn1. The van der Waals surface area contributed by atoms with Crippen LogP contribution in [0, 0.1) is 0 Å². The Kier molecular flexibility index (Phi) is 3.67. The van der Waals surface area contributed by atoms with Crippen molar-refractivity contribution in [1.29, 1.82) is 0 Å². The van der Waals surface area contributed by atoms with Crippen LogP contribution < -0.4 is 4.90 Å². The first-order valence-corrected chi connectivity index (χ1v) is 7.28. The maximum atomic E-state index is 12.7. The lowest BCUT2D eigenvalue weighted by atomic mass is 10.1. The van der Waals surface area contributed by atoms with Gasteiger partial charge in [-0.05, 0) is 19.8 Å². The first-order valence-electron chi connectivity index (χ1n) is 7.28. The number of amides is 2. The van der Waals surface area contributed by atoms with Gasteiger partial charge in [0.2, 0.25) is 5.91 Å². The monoisotopic (exact) mass is 292 g/mol. The van der Waals surface area contributed by atoms with E-state index in [1.165, 1.54) is 0 Å². The maximum Gasteiger partial charge on any atom is 0.250 e. The van der Waals surface area contributed by atoms with E-state index in [1.54, 1.807) is 40.9 Å². The Morgan fingerprint density at radius 3 is 2.95 bits per heavy atom. The highest BCUT2D eigenvalue weighted by atomic mass is 16.5. The third-order valence-electron chi connectivity index (χ3n) is 4.23. The fraction of sp³-hybridized carbons (Fsp3) is 0.643. The van der Waals surface area contributed by atoms with Crippen LogP contribution in [0.4, 0.5) is 5.69 Å². The Balaban J connectivity index is 1.84. The molecule has 0 aromatic carbocycles. The Morgan fingerprint density at radius 1 is 1.38 bits per heavy atom. The molecule has 2 fully saturated rings. The van der Waals surface area contributed by atoms with E-state index in [-0.39, 0.29) is 17.9 Å². The van der Waals surface area contributed by atoms with E-state index in [9.17, 15) is 9.59 Å². The zero-order valence-electron chi connectivity index (χ0n) is 12.4. The van der Waals surface area contributed by atoms with Crippen LogP contribution in [0.15, 0.2) is 12.4 Å². The molecule has 3 rings (SSSR count). The number of carbonyl (C=O) groups is 2. The van der Waals surface area contributed by atoms with Gasteiger partial charge in [-0.2, -0.15) is 5.10 Å². The molecule has 2 saturated heterocycles. The third-order valence-corrected chi connectivity index (χ3v) is 4.23. The summed E-state index contributed by atoms with van der Waals surface area (Å²) in [4.78, 5) is 28.4. The van der Waals surface area contributed by atoms with Gasteiger partial charge in [-0.25, -0.2) is 0 Å². The van der Waals surface area contributed by atoms with Crippen LogP contribution in [0.25, 0.3) is 0 Å². The number of hydrogen-bond acceptors (Lipinski definition) is 4. The van der Waals surface area contributed by atoms with Gasteiger partial charge < -0.3 is 9.64 Å². The number of methoxy groups -OCH3 is 1. The molecule has 2 amide bonds. The molecule has 1 aromatic heterocycles. The van der Waals surface area contributed by atoms with Gasteiger partial charge >= 0.3 is 0 Å². The number of carbonyl (C=O) groups excluding carboxylic acids is 2. The standard InChI is InChI=1S/C14H20N4O3/c1-10-13(19)17-5-3-4-12(17)14(20)18(10)11-8-15-16(9-11)6-7-21-2/h8-10,12H,3-7H2,1-2H3. The smallest absolute Gasteiger partial charge is 0.250 e.